The van der Waals surface area contributed by atoms with Gasteiger partial charge in [0.05, 0.1) is 28.1 Å². The van der Waals surface area contributed by atoms with E-state index in [0.29, 0.717) is 37.7 Å². The van der Waals surface area contributed by atoms with Crippen molar-refractivity contribution in [1.82, 2.24) is 24.8 Å². The van der Waals surface area contributed by atoms with E-state index < -0.39 is 29.0 Å². The van der Waals surface area contributed by atoms with Crippen LogP contribution >= 0.6 is 0 Å². The number of aromatic nitrogens is 4. The number of benzene rings is 2. The van der Waals surface area contributed by atoms with Gasteiger partial charge in [-0.2, -0.15) is 18.2 Å². The number of ether oxygens (including phenoxy) is 1. The number of carbonyl (C=O) groups is 1. The van der Waals surface area contributed by atoms with Crippen LogP contribution in [0.25, 0.3) is 11.4 Å². The Balaban J connectivity index is 1.44. The Morgan fingerprint density at radius 2 is 1.79 bits per heavy atom. The number of para-hydroxylation sites is 1. The van der Waals surface area contributed by atoms with Crippen molar-refractivity contribution in [3.8, 4) is 23.0 Å². The molecule has 3 heterocycles. The summed E-state index contributed by atoms with van der Waals surface area (Å²) in [4.78, 5) is 33.5. The lowest BCUT2D eigenvalue weighted by molar-refractivity contribution is -0.137. The molecule has 0 bridgehead atoms. The lowest BCUT2D eigenvalue weighted by Gasteiger charge is -2.36. The molecule has 5 rings (SSSR count). The van der Waals surface area contributed by atoms with Crippen molar-refractivity contribution < 1.29 is 27.1 Å². The van der Waals surface area contributed by atoms with Crippen molar-refractivity contribution >= 4 is 23.2 Å². The standard InChI is InChI=1S/C28H26F4N8O2/c1-33-27-36-16-35-24(38-27)18-5-4-10-34-26(18)42-17-8-9-21(29)19(15-17)25(41)37-22-7-3-6-20(28(30,31)32)23(22)40-13-11-39(2)12-14-40/h3-10,15-16H,11-14H2,1-2H3,(H,37,41)(H,33,35,36,38). The fourth-order valence-electron chi connectivity index (χ4n) is 4.48. The van der Waals surface area contributed by atoms with Crippen LogP contribution in [0.1, 0.15) is 15.9 Å². The molecule has 1 saturated heterocycles. The van der Waals surface area contributed by atoms with Gasteiger partial charge in [-0.15, -0.1) is 0 Å². The van der Waals surface area contributed by atoms with Crippen LogP contribution in [-0.2, 0) is 6.18 Å². The van der Waals surface area contributed by atoms with Crippen molar-refractivity contribution in [2.45, 2.75) is 6.18 Å². The molecule has 1 aliphatic heterocycles. The number of nitrogens with zero attached hydrogens (tertiary/aromatic N) is 6. The van der Waals surface area contributed by atoms with E-state index in [1.54, 1.807) is 24.1 Å². The van der Waals surface area contributed by atoms with Crippen molar-refractivity contribution in [3.05, 3.63) is 78.0 Å². The van der Waals surface area contributed by atoms with Crippen LogP contribution in [0.5, 0.6) is 11.6 Å². The number of halogens is 4. The number of anilines is 3. The number of amides is 1. The molecule has 218 valence electrons. The molecule has 4 aromatic rings. The Kier molecular flexibility index (Phi) is 8.15. The highest BCUT2D eigenvalue weighted by Gasteiger charge is 2.37. The van der Waals surface area contributed by atoms with E-state index in [1.165, 1.54) is 30.7 Å². The van der Waals surface area contributed by atoms with Crippen LogP contribution in [-0.4, -0.2) is 71.0 Å². The minimum Gasteiger partial charge on any atom is -0.438 e. The van der Waals surface area contributed by atoms with Gasteiger partial charge in [-0.05, 0) is 49.5 Å². The summed E-state index contributed by atoms with van der Waals surface area (Å²) in [6, 6.07) is 10.3. The number of nitrogens with one attached hydrogen (secondary N) is 2. The first-order valence-corrected chi connectivity index (χ1v) is 12.9. The summed E-state index contributed by atoms with van der Waals surface area (Å²) in [6.07, 6.45) is -1.87. The summed E-state index contributed by atoms with van der Waals surface area (Å²) in [6.45, 7) is 1.74. The first kappa shape index (κ1) is 28.7. The van der Waals surface area contributed by atoms with Gasteiger partial charge in [0.1, 0.15) is 17.9 Å². The van der Waals surface area contributed by atoms with Gasteiger partial charge in [-0.3, -0.25) is 4.79 Å². The van der Waals surface area contributed by atoms with Gasteiger partial charge >= 0.3 is 6.18 Å². The maximum Gasteiger partial charge on any atom is 0.418 e. The van der Waals surface area contributed by atoms with Gasteiger partial charge < -0.3 is 25.2 Å². The maximum absolute atomic E-state index is 14.9. The van der Waals surface area contributed by atoms with Gasteiger partial charge in [-0.25, -0.2) is 19.3 Å². The van der Waals surface area contributed by atoms with Gasteiger partial charge in [0, 0.05) is 39.4 Å². The number of carbonyl (C=O) groups excluding carboxylic acids is 1. The fraction of sp³-hybridized carbons (Fsp3) is 0.250. The quantitative estimate of drug-likeness (QED) is 0.293. The summed E-state index contributed by atoms with van der Waals surface area (Å²) >= 11 is 0. The number of piperazine rings is 1. The number of pyridine rings is 1. The van der Waals surface area contributed by atoms with Crippen LogP contribution in [0.3, 0.4) is 0 Å². The average Bonchev–Trinajstić information content (AvgIpc) is 2.98. The molecular formula is C28H26F4N8O2. The van der Waals surface area contributed by atoms with E-state index in [0.717, 1.165) is 18.2 Å². The Labute approximate surface area is 238 Å². The smallest absolute Gasteiger partial charge is 0.418 e. The molecular weight excluding hydrogens is 556 g/mol. The largest absolute Gasteiger partial charge is 0.438 e. The normalized spacial score (nSPS) is 14.0. The Hall–Kier alpha value is -4.85. The van der Waals surface area contributed by atoms with Crippen molar-refractivity contribution in [3.63, 3.8) is 0 Å². The van der Waals surface area contributed by atoms with Crippen LogP contribution in [0, 0.1) is 5.82 Å². The Morgan fingerprint density at radius 1 is 1.00 bits per heavy atom. The average molecular weight is 583 g/mol. The SMILES string of the molecule is CNc1ncnc(-c2cccnc2Oc2ccc(F)c(C(=O)Nc3cccc(C(F)(F)F)c3N3CCN(C)CC3)c2)n1. The van der Waals surface area contributed by atoms with Crippen LogP contribution in [0.4, 0.5) is 34.9 Å². The highest BCUT2D eigenvalue weighted by molar-refractivity contribution is 6.06. The van der Waals surface area contributed by atoms with Crippen molar-refractivity contribution in [2.24, 2.45) is 0 Å². The van der Waals surface area contributed by atoms with Crippen molar-refractivity contribution in [1.29, 1.82) is 0 Å². The lowest BCUT2D eigenvalue weighted by atomic mass is 10.1. The second kappa shape index (κ2) is 11.9. The second-order valence-electron chi connectivity index (χ2n) is 9.43. The number of alkyl halides is 3. The van der Waals surface area contributed by atoms with E-state index in [4.69, 9.17) is 4.74 Å². The van der Waals surface area contributed by atoms with Gasteiger partial charge in [0.15, 0.2) is 5.82 Å². The third kappa shape index (κ3) is 6.22. The second-order valence-corrected chi connectivity index (χ2v) is 9.43. The van der Waals surface area contributed by atoms with Crippen LogP contribution < -0.4 is 20.3 Å². The van der Waals surface area contributed by atoms with E-state index >= 15 is 0 Å². The molecule has 1 amide bonds. The molecule has 2 N–H and O–H groups in total. The van der Waals surface area contributed by atoms with E-state index in [9.17, 15) is 22.4 Å². The van der Waals surface area contributed by atoms with Gasteiger partial charge in [0.25, 0.3) is 5.91 Å². The fourth-order valence-corrected chi connectivity index (χ4v) is 4.48. The van der Waals surface area contributed by atoms with Gasteiger partial charge in [-0.1, -0.05) is 6.07 Å². The molecule has 1 fully saturated rings. The summed E-state index contributed by atoms with van der Waals surface area (Å²) in [5.74, 6) is -1.10. The Bertz CT molecular complexity index is 1590. The topological polar surface area (TPSA) is 108 Å². The van der Waals surface area contributed by atoms with E-state index in [1.807, 2.05) is 11.9 Å². The predicted octanol–water partition coefficient (Wildman–Crippen LogP) is 4.93. The zero-order valence-corrected chi connectivity index (χ0v) is 22.6. The number of rotatable bonds is 7. The highest BCUT2D eigenvalue weighted by Crippen LogP contribution is 2.41. The number of hydrogen-bond acceptors (Lipinski definition) is 9. The highest BCUT2D eigenvalue weighted by atomic mass is 19.4. The lowest BCUT2D eigenvalue weighted by Crippen LogP contribution is -2.45. The van der Waals surface area contributed by atoms with Crippen molar-refractivity contribution in [2.75, 3.05) is 55.8 Å². The first-order chi connectivity index (χ1) is 20.1. The first-order valence-electron chi connectivity index (χ1n) is 12.9. The minimum atomic E-state index is -4.66. The third-order valence-electron chi connectivity index (χ3n) is 6.61. The molecule has 2 aromatic heterocycles. The third-order valence-corrected chi connectivity index (χ3v) is 6.61. The molecule has 0 aliphatic carbocycles. The molecule has 0 radical (unpaired) electrons. The molecule has 0 spiro atoms. The molecule has 14 heteroatoms. The Morgan fingerprint density at radius 3 is 2.52 bits per heavy atom. The number of hydrogen-bond donors (Lipinski definition) is 2. The maximum atomic E-state index is 14.9. The molecule has 0 saturated carbocycles. The van der Waals surface area contributed by atoms with Gasteiger partial charge in [0.2, 0.25) is 11.8 Å². The van der Waals surface area contributed by atoms with E-state index in [-0.39, 0.29) is 28.8 Å². The summed E-state index contributed by atoms with van der Waals surface area (Å²) < 4.78 is 62.8. The monoisotopic (exact) mass is 582 g/mol. The van der Waals surface area contributed by atoms with Crippen LogP contribution in [0.15, 0.2) is 61.1 Å². The summed E-state index contributed by atoms with van der Waals surface area (Å²) in [5, 5.41) is 5.30. The zero-order chi connectivity index (χ0) is 29.9. The molecule has 2 aromatic carbocycles. The van der Waals surface area contributed by atoms with Crippen LogP contribution in [0.2, 0.25) is 0 Å². The van der Waals surface area contributed by atoms with E-state index in [2.05, 4.69) is 30.6 Å². The summed E-state index contributed by atoms with van der Waals surface area (Å²) in [7, 11) is 3.53. The summed E-state index contributed by atoms with van der Waals surface area (Å²) in [5.41, 5.74) is -1.13. The molecule has 0 unspecified atom stereocenters. The molecule has 1 aliphatic rings. The molecule has 42 heavy (non-hydrogen) atoms. The number of likely N-dealkylation sites (N-methyl/N-ethyl adjacent to an activating group) is 1. The minimum absolute atomic E-state index is 0.0627. The molecule has 0 atom stereocenters. The molecule has 10 nitrogen and oxygen atoms in total. The zero-order valence-electron chi connectivity index (χ0n) is 22.6. The predicted molar refractivity (Wildman–Crippen MR) is 148 cm³/mol.